The van der Waals surface area contributed by atoms with Gasteiger partial charge in [-0.1, -0.05) is 25.3 Å². The third-order valence-electron chi connectivity index (χ3n) is 3.67. The lowest BCUT2D eigenvalue weighted by atomic mass is 9.83. The van der Waals surface area contributed by atoms with Crippen LogP contribution in [0.5, 0.6) is 5.75 Å². The topological polar surface area (TPSA) is 49.3 Å². The van der Waals surface area contributed by atoms with Crippen molar-refractivity contribution in [1.29, 1.82) is 0 Å². The first-order chi connectivity index (χ1) is 8.72. The molecule has 0 atom stereocenters. The number of amides is 1. The van der Waals surface area contributed by atoms with Crippen LogP contribution in [0, 0.1) is 0 Å². The molecule has 0 aliphatic heterocycles. The molecule has 0 spiro atoms. The zero-order valence-electron chi connectivity index (χ0n) is 10.9. The zero-order chi connectivity index (χ0) is 13.0. The molecule has 3 nitrogen and oxygen atoms in total. The fourth-order valence-electron chi connectivity index (χ4n) is 2.71. The van der Waals surface area contributed by atoms with Gasteiger partial charge in [0, 0.05) is 12.1 Å². The Hall–Kier alpha value is -1.51. The number of hydrogen-bond donors (Lipinski definition) is 2. The highest BCUT2D eigenvalue weighted by molar-refractivity contribution is 5.94. The van der Waals surface area contributed by atoms with Gasteiger partial charge in [0.2, 0.25) is 0 Å². The molecule has 1 amide bonds. The number of benzene rings is 1. The van der Waals surface area contributed by atoms with Crippen molar-refractivity contribution >= 4 is 5.91 Å². The van der Waals surface area contributed by atoms with Gasteiger partial charge < -0.3 is 10.4 Å². The summed E-state index contributed by atoms with van der Waals surface area (Å²) in [4.78, 5) is 11.7. The molecule has 1 aromatic rings. The molecule has 0 saturated heterocycles. The fourth-order valence-corrected chi connectivity index (χ4v) is 2.71. The van der Waals surface area contributed by atoms with E-state index >= 15 is 0 Å². The lowest BCUT2D eigenvalue weighted by molar-refractivity contribution is 0.0955. The number of phenols is 1. The van der Waals surface area contributed by atoms with Gasteiger partial charge in [0.05, 0.1) is 0 Å². The Morgan fingerprint density at radius 1 is 1.33 bits per heavy atom. The molecule has 0 aromatic heterocycles. The summed E-state index contributed by atoms with van der Waals surface area (Å²) < 4.78 is 0. The van der Waals surface area contributed by atoms with Gasteiger partial charge >= 0.3 is 0 Å². The number of nitrogens with one attached hydrogen (secondary N) is 1. The molecule has 2 rings (SSSR count). The van der Waals surface area contributed by atoms with Crippen molar-refractivity contribution in [2.45, 2.75) is 44.9 Å². The Labute approximate surface area is 108 Å². The summed E-state index contributed by atoms with van der Waals surface area (Å²) in [6.45, 7) is 2.48. The van der Waals surface area contributed by atoms with Crippen molar-refractivity contribution in [2.24, 2.45) is 0 Å². The van der Waals surface area contributed by atoms with Crippen LogP contribution in [0.1, 0.15) is 60.9 Å². The molecule has 1 aromatic carbocycles. The van der Waals surface area contributed by atoms with Crippen LogP contribution in [0.2, 0.25) is 0 Å². The Morgan fingerprint density at radius 2 is 2.06 bits per heavy atom. The van der Waals surface area contributed by atoms with E-state index in [0.29, 0.717) is 18.0 Å². The zero-order valence-corrected chi connectivity index (χ0v) is 10.9. The predicted molar refractivity (Wildman–Crippen MR) is 71.9 cm³/mol. The second-order valence-electron chi connectivity index (χ2n) is 4.97. The van der Waals surface area contributed by atoms with Gasteiger partial charge in [-0.3, -0.25) is 4.79 Å². The summed E-state index contributed by atoms with van der Waals surface area (Å²) in [5.41, 5.74) is 1.54. The highest BCUT2D eigenvalue weighted by atomic mass is 16.3. The Morgan fingerprint density at radius 3 is 2.67 bits per heavy atom. The van der Waals surface area contributed by atoms with Crippen molar-refractivity contribution in [3.05, 3.63) is 29.3 Å². The van der Waals surface area contributed by atoms with E-state index in [-0.39, 0.29) is 11.7 Å². The summed E-state index contributed by atoms with van der Waals surface area (Å²) >= 11 is 0. The van der Waals surface area contributed by atoms with E-state index in [1.807, 2.05) is 19.1 Å². The molecule has 1 fully saturated rings. The number of carbonyl (C=O) groups excluding carboxylic acids is 1. The molecule has 3 heteroatoms. The first kappa shape index (κ1) is 12.9. The van der Waals surface area contributed by atoms with Crippen molar-refractivity contribution in [3.63, 3.8) is 0 Å². The average Bonchev–Trinajstić information content (AvgIpc) is 2.40. The normalized spacial score (nSPS) is 16.5. The molecular formula is C15H21NO2. The van der Waals surface area contributed by atoms with Crippen molar-refractivity contribution in [2.75, 3.05) is 6.54 Å². The van der Waals surface area contributed by atoms with Gasteiger partial charge in [0.1, 0.15) is 5.75 Å². The molecule has 1 saturated carbocycles. The molecule has 0 radical (unpaired) electrons. The number of phenolic OH excluding ortho intramolecular Hbond substituents is 1. The quantitative estimate of drug-likeness (QED) is 0.861. The number of carbonyl (C=O) groups is 1. The smallest absolute Gasteiger partial charge is 0.251 e. The van der Waals surface area contributed by atoms with Crippen LogP contribution in [0.25, 0.3) is 0 Å². The third-order valence-corrected chi connectivity index (χ3v) is 3.67. The second-order valence-corrected chi connectivity index (χ2v) is 4.97. The van der Waals surface area contributed by atoms with Crippen LogP contribution >= 0.6 is 0 Å². The standard InChI is InChI=1S/C15H21NO2/c1-2-16-15(18)12-8-9-13(14(17)10-12)11-6-4-3-5-7-11/h8-11,17H,2-7H2,1H3,(H,16,18). The second kappa shape index (κ2) is 5.89. The summed E-state index contributed by atoms with van der Waals surface area (Å²) in [6, 6.07) is 5.32. The molecule has 1 aliphatic rings. The molecule has 0 heterocycles. The maximum atomic E-state index is 11.7. The molecule has 0 bridgehead atoms. The molecule has 2 N–H and O–H groups in total. The average molecular weight is 247 g/mol. The monoisotopic (exact) mass is 247 g/mol. The van der Waals surface area contributed by atoms with Crippen LogP contribution in [0.4, 0.5) is 0 Å². The van der Waals surface area contributed by atoms with Gasteiger partial charge in [-0.05, 0) is 43.4 Å². The van der Waals surface area contributed by atoms with Crippen molar-refractivity contribution in [1.82, 2.24) is 5.32 Å². The van der Waals surface area contributed by atoms with Gasteiger partial charge in [-0.2, -0.15) is 0 Å². The van der Waals surface area contributed by atoms with Gasteiger partial charge in [-0.15, -0.1) is 0 Å². The number of rotatable bonds is 3. The van der Waals surface area contributed by atoms with Gasteiger partial charge in [-0.25, -0.2) is 0 Å². The maximum Gasteiger partial charge on any atom is 0.251 e. The minimum Gasteiger partial charge on any atom is -0.508 e. The van der Waals surface area contributed by atoms with Crippen LogP contribution in [0.15, 0.2) is 18.2 Å². The highest BCUT2D eigenvalue weighted by Gasteiger charge is 2.19. The Balaban J connectivity index is 2.16. The molecule has 98 valence electrons. The van der Waals surface area contributed by atoms with Gasteiger partial charge in [0.15, 0.2) is 0 Å². The summed E-state index contributed by atoms with van der Waals surface area (Å²) in [5.74, 6) is 0.607. The van der Waals surface area contributed by atoms with Crippen molar-refractivity contribution < 1.29 is 9.90 Å². The summed E-state index contributed by atoms with van der Waals surface area (Å²) in [5, 5.41) is 12.8. The Kier molecular flexibility index (Phi) is 4.24. The van der Waals surface area contributed by atoms with E-state index in [4.69, 9.17) is 0 Å². The van der Waals surface area contributed by atoms with E-state index in [2.05, 4.69) is 5.32 Å². The minimum atomic E-state index is -0.122. The largest absolute Gasteiger partial charge is 0.508 e. The summed E-state index contributed by atoms with van der Waals surface area (Å²) in [7, 11) is 0. The van der Waals surface area contributed by atoms with Crippen LogP contribution in [-0.4, -0.2) is 17.6 Å². The Bertz CT molecular complexity index is 423. The SMILES string of the molecule is CCNC(=O)c1ccc(C2CCCCC2)c(O)c1. The minimum absolute atomic E-state index is 0.122. The predicted octanol–water partition coefficient (Wildman–Crippen LogP) is 3.19. The first-order valence-corrected chi connectivity index (χ1v) is 6.83. The fraction of sp³-hybridized carbons (Fsp3) is 0.533. The highest BCUT2D eigenvalue weighted by Crippen LogP contribution is 2.37. The lowest BCUT2D eigenvalue weighted by Crippen LogP contribution is -2.22. The number of aromatic hydroxyl groups is 1. The number of hydrogen-bond acceptors (Lipinski definition) is 2. The molecule has 0 unspecified atom stereocenters. The first-order valence-electron chi connectivity index (χ1n) is 6.83. The molecular weight excluding hydrogens is 226 g/mol. The van der Waals surface area contributed by atoms with Crippen molar-refractivity contribution in [3.8, 4) is 5.75 Å². The third kappa shape index (κ3) is 2.84. The lowest BCUT2D eigenvalue weighted by Gasteiger charge is -2.22. The molecule has 1 aliphatic carbocycles. The molecule has 18 heavy (non-hydrogen) atoms. The van der Waals surface area contributed by atoms with E-state index in [1.54, 1.807) is 6.07 Å². The van der Waals surface area contributed by atoms with E-state index in [0.717, 1.165) is 18.4 Å². The van der Waals surface area contributed by atoms with Crippen LogP contribution in [-0.2, 0) is 0 Å². The van der Waals surface area contributed by atoms with E-state index < -0.39 is 0 Å². The van der Waals surface area contributed by atoms with Crippen LogP contribution in [0.3, 0.4) is 0 Å². The maximum absolute atomic E-state index is 11.7. The van der Waals surface area contributed by atoms with E-state index in [1.165, 1.54) is 19.3 Å². The van der Waals surface area contributed by atoms with E-state index in [9.17, 15) is 9.90 Å². The summed E-state index contributed by atoms with van der Waals surface area (Å²) in [6.07, 6.45) is 6.07. The van der Waals surface area contributed by atoms with Crippen LogP contribution < -0.4 is 5.32 Å². The van der Waals surface area contributed by atoms with Gasteiger partial charge in [0.25, 0.3) is 5.91 Å².